The molecule has 0 radical (unpaired) electrons. The van der Waals surface area contributed by atoms with Crippen LogP contribution in [0.4, 0.5) is 0 Å². The van der Waals surface area contributed by atoms with Gasteiger partial charge in [0.2, 0.25) is 0 Å². The summed E-state index contributed by atoms with van der Waals surface area (Å²) in [5.41, 5.74) is 5.26. The molecule has 0 saturated carbocycles. The first kappa shape index (κ1) is 14.4. The van der Waals surface area contributed by atoms with Gasteiger partial charge in [-0.1, -0.05) is 44.4 Å². The highest BCUT2D eigenvalue weighted by Gasteiger charge is 2.33. The number of esters is 1. The minimum Gasteiger partial charge on any atom is -0.461 e. The zero-order valence-corrected chi connectivity index (χ0v) is 11.2. The number of hydrogen-bond acceptors (Lipinski definition) is 4. The molecule has 1 aliphatic heterocycles. The number of unbranched alkanes of at least 4 members (excludes halogenated alkanes) is 3. The molecule has 1 heterocycles. The van der Waals surface area contributed by atoms with Crippen LogP contribution in [0.3, 0.4) is 0 Å². The second-order valence-electron chi connectivity index (χ2n) is 4.52. The van der Waals surface area contributed by atoms with Crippen LogP contribution in [0.2, 0.25) is 0 Å². The van der Waals surface area contributed by atoms with Crippen molar-refractivity contribution in [2.45, 2.75) is 51.6 Å². The maximum Gasteiger partial charge on any atom is 0.309 e. The predicted molar refractivity (Wildman–Crippen MR) is 71.1 cm³/mol. The average molecular weight is 258 g/mol. The molecule has 17 heavy (non-hydrogen) atoms. The zero-order valence-electron chi connectivity index (χ0n) is 10.4. The van der Waals surface area contributed by atoms with E-state index in [0.717, 1.165) is 19.3 Å². The third-order valence-corrected chi connectivity index (χ3v) is 3.84. The number of nitrogens with one attached hydrogen (secondary N) is 1. The molecule has 1 aliphatic rings. The van der Waals surface area contributed by atoms with Gasteiger partial charge in [-0.3, -0.25) is 10.2 Å². The number of amidine groups is 1. The lowest BCUT2D eigenvalue weighted by atomic mass is 9.98. The molecule has 0 aromatic rings. The smallest absolute Gasteiger partial charge is 0.309 e. The van der Waals surface area contributed by atoms with Crippen LogP contribution < -0.4 is 5.73 Å². The molecule has 4 nitrogen and oxygen atoms in total. The first-order valence-electron chi connectivity index (χ1n) is 6.30. The fourth-order valence-electron chi connectivity index (χ4n) is 2.06. The summed E-state index contributed by atoms with van der Waals surface area (Å²) in [6.07, 6.45) is 6.46. The van der Waals surface area contributed by atoms with Crippen molar-refractivity contribution in [1.82, 2.24) is 0 Å². The fourth-order valence-corrected chi connectivity index (χ4v) is 2.63. The summed E-state index contributed by atoms with van der Waals surface area (Å²) in [7, 11) is 0. The van der Waals surface area contributed by atoms with Crippen molar-refractivity contribution >= 4 is 22.9 Å². The number of ether oxygens (including phenoxy) is 1. The van der Waals surface area contributed by atoms with Crippen LogP contribution in [-0.4, -0.2) is 23.0 Å². The van der Waals surface area contributed by atoms with Crippen molar-refractivity contribution in [2.24, 2.45) is 11.7 Å². The Morgan fingerprint density at radius 2 is 2.29 bits per heavy atom. The van der Waals surface area contributed by atoms with Crippen molar-refractivity contribution in [3.05, 3.63) is 0 Å². The Hall–Kier alpha value is -0.710. The topological polar surface area (TPSA) is 76.2 Å². The highest BCUT2D eigenvalue weighted by Crippen LogP contribution is 2.28. The minimum absolute atomic E-state index is 0.0485. The molecule has 1 rings (SSSR count). The van der Waals surface area contributed by atoms with E-state index in [1.165, 1.54) is 31.0 Å². The summed E-state index contributed by atoms with van der Waals surface area (Å²) in [4.78, 5) is 11.6. The van der Waals surface area contributed by atoms with Gasteiger partial charge < -0.3 is 10.5 Å². The molecular formula is C12H22N2O2S. The molecule has 0 aromatic carbocycles. The van der Waals surface area contributed by atoms with Crippen LogP contribution in [0.1, 0.15) is 45.4 Å². The van der Waals surface area contributed by atoms with E-state index < -0.39 is 0 Å². The molecule has 2 atom stereocenters. The molecule has 3 N–H and O–H groups in total. The van der Waals surface area contributed by atoms with Gasteiger partial charge in [-0.15, -0.1) is 0 Å². The van der Waals surface area contributed by atoms with Crippen molar-refractivity contribution in [3.63, 3.8) is 0 Å². The third-order valence-electron chi connectivity index (χ3n) is 2.99. The van der Waals surface area contributed by atoms with E-state index >= 15 is 0 Å². The second kappa shape index (κ2) is 7.58. The molecule has 0 aromatic heterocycles. The number of rotatable bonds is 7. The number of cyclic esters (lactones) is 1. The largest absolute Gasteiger partial charge is 0.461 e. The minimum atomic E-state index is -0.0596. The molecule has 0 amide bonds. The molecule has 1 fully saturated rings. The lowest BCUT2D eigenvalue weighted by Gasteiger charge is -2.06. The standard InChI is InChI=1S/C12H22N2O2S/c1-2-3-4-5-6-9-7-10(16-11(9)15)8-17-12(13)14/h9-10H,2-8H2,1H3,(H3,13,14)/t9-,10-/m0/s1. The van der Waals surface area contributed by atoms with Gasteiger partial charge in [0, 0.05) is 5.75 Å². The number of carbonyl (C=O) groups excluding carboxylic acids is 1. The Bertz CT molecular complexity index is 271. The van der Waals surface area contributed by atoms with E-state index in [9.17, 15) is 4.79 Å². The van der Waals surface area contributed by atoms with Gasteiger partial charge in [-0.25, -0.2) is 0 Å². The second-order valence-corrected chi connectivity index (χ2v) is 5.58. The first-order chi connectivity index (χ1) is 8.13. The fraction of sp³-hybridized carbons (Fsp3) is 0.833. The van der Waals surface area contributed by atoms with Crippen molar-refractivity contribution in [3.8, 4) is 0 Å². The summed E-state index contributed by atoms with van der Waals surface area (Å²) >= 11 is 1.25. The highest BCUT2D eigenvalue weighted by atomic mass is 32.2. The molecule has 0 bridgehead atoms. The number of carbonyl (C=O) groups is 1. The van der Waals surface area contributed by atoms with E-state index in [1.54, 1.807) is 0 Å². The number of hydrogen-bond donors (Lipinski definition) is 2. The van der Waals surface area contributed by atoms with Crippen LogP contribution in [0.5, 0.6) is 0 Å². The lowest BCUT2D eigenvalue weighted by molar-refractivity contribution is -0.143. The van der Waals surface area contributed by atoms with E-state index in [4.69, 9.17) is 15.9 Å². The van der Waals surface area contributed by atoms with Gasteiger partial charge in [0.25, 0.3) is 0 Å². The molecule has 0 unspecified atom stereocenters. The molecule has 0 aliphatic carbocycles. The Kier molecular flexibility index (Phi) is 6.40. The van der Waals surface area contributed by atoms with Crippen molar-refractivity contribution in [1.29, 1.82) is 5.41 Å². The highest BCUT2D eigenvalue weighted by molar-refractivity contribution is 8.13. The monoisotopic (exact) mass is 258 g/mol. The van der Waals surface area contributed by atoms with Crippen LogP contribution in [-0.2, 0) is 9.53 Å². The number of thioether (sulfide) groups is 1. The third kappa shape index (κ3) is 5.44. The van der Waals surface area contributed by atoms with Crippen LogP contribution in [0.15, 0.2) is 0 Å². The molecule has 1 saturated heterocycles. The van der Waals surface area contributed by atoms with Crippen molar-refractivity contribution in [2.75, 3.05) is 5.75 Å². The van der Waals surface area contributed by atoms with Gasteiger partial charge >= 0.3 is 5.97 Å². The Morgan fingerprint density at radius 1 is 1.53 bits per heavy atom. The maximum atomic E-state index is 11.6. The van der Waals surface area contributed by atoms with Crippen LogP contribution in [0.25, 0.3) is 0 Å². The predicted octanol–water partition coefficient (Wildman–Crippen LogP) is 2.52. The maximum absolute atomic E-state index is 11.6. The summed E-state index contributed by atoms with van der Waals surface area (Å²) in [6, 6.07) is 0. The van der Waals surface area contributed by atoms with Crippen molar-refractivity contribution < 1.29 is 9.53 Å². The summed E-state index contributed by atoms with van der Waals surface area (Å²) in [6.45, 7) is 2.18. The first-order valence-corrected chi connectivity index (χ1v) is 7.29. The number of nitrogens with two attached hydrogens (primary N) is 1. The zero-order chi connectivity index (χ0) is 12.7. The Morgan fingerprint density at radius 3 is 2.94 bits per heavy atom. The van der Waals surface area contributed by atoms with E-state index in [2.05, 4.69) is 6.92 Å². The SMILES string of the molecule is CCCCCC[C@H]1C[C@@H](CSC(=N)N)OC1=O. The lowest BCUT2D eigenvalue weighted by Crippen LogP contribution is -2.14. The van der Waals surface area contributed by atoms with Gasteiger partial charge in [0.15, 0.2) is 5.17 Å². The summed E-state index contributed by atoms with van der Waals surface area (Å²) < 4.78 is 5.27. The Balaban J connectivity index is 2.19. The normalized spacial score (nSPS) is 23.7. The summed E-state index contributed by atoms with van der Waals surface area (Å²) in [5.74, 6) is 0.632. The quantitative estimate of drug-likeness (QED) is 0.318. The Labute approximate surface area is 107 Å². The average Bonchev–Trinajstić information content (AvgIpc) is 2.63. The van der Waals surface area contributed by atoms with Gasteiger partial charge in [0.1, 0.15) is 6.10 Å². The summed E-state index contributed by atoms with van der Waals surface area (Å²) in [5, 5.41) is 7.21. The van der Waals surface area contributed by atoms with E-state index in [0.29, 0.717) is 5.75 Å². The van der Waals surface area contributed by atoms with Crippen LogP contribution in [0, 0.1) is 11.3 Å². The van der Waals surface area contributed by atoms with E-state index in [-0.39, 0.29) is 23.2 Å². The van der Waals surface area contributed by atoms with E-state index in [1.807, 2.05) is 0 Å². The van der Waals surface area contributed by atoms with Crippen LogP contribution >= 0.6 is 11.8 Å². The molecule has 0 spiro atoms. The van der Waals surface area contributed by atoms with Gasteiger partial charge in [-0.2, -0.15) is 0 Å². The molecular weight excluding hydrogens is 236 g/mol. The van der Waals surface area contributed by atoms with Gasteiger partial charge in [0.05, 0.1) is 5.92 Å². The molecule has 98 valence electrons. The van der Waals surface area contributed by atoms with Gasteiger partial charge in [-0.05, 0) is 12.8 Å². The molecule has 5 heteroatoms.